The van der Waals surface area contributed by atoms with Gasteiger partial charge in [-0.3, -0.25) is 4.79 Å². The lowest BCUT2D eigenvalue weighted by Crippen LogP contribution is -2.56. The molecule has 27 heavy (non-hydrogen) atoms. The molecular formula is C20H32I4O3. The van der Waals surface area contributed by atoms with E-state index in [4.69, 9.17) is 4.74 Å². The molecule has 2 rings (SSSR count). The SMILES string of the molecule is CCC1C(I)C(C)C(OC2C(I)C(C)C(CC(=O)O)C(C)C2I)C(C)C1I. The van der Waals surface area contributed by atoms with Crippen LogP contribution in [-0.4, -0.2) is 39.0 Å². The summed E-state index contributed by atoms with van der Waals surface area (Å²) in [6, 6.07) is 0. The first kappa shape index (κ1) is 25.6. The normalized spacial score (nSPS) is 51.1. The maximum atomic E-state index is 11.3. The first-order chi connectivity index (χ1) is 12.5. The molecule has 8 unspecified atom stereocenters. The van der Waals surface area contributed by atoms with E-state index in [1.807, 2.05) is 0 Å². The Labute approximate surface area is 219 Å². The second-order valence-corrected chi connectivity index (χ2v) is 14.4. The predicted octanol–water partition coefficient (Wildman–Crippen LogP) is 6.64. The van der Waals surface area contributed by atoms with Gasteiger partial charge in [0.15, 0.2) is 0 Å². The third-order valence-corrected chi connectivity index (χ3v) is 14.8. The number of aliphatic carboxylic acids is 1. The average molecular weight is 828 g/mol. The molecule has 0 saturated heterocycles. The molecule has 0 amide bonds. The van der Waals surface area contributed by atoms with E-state index in [0.717, 1.165) is 5.92 Å². The van der Waals surface area contributed by atoms with Crippen LogP contribution in [0.15, 0.2) is 0 Å². The molecule has 0 aromatic rings. The summed E-state index contributed by atoms with van der Waals surface area (Å²) in [5.41, 5.74) is 0. The maximum absolute atomic E-state index is 11.3. The lowest BCUT2D eigenvalue weighted by atomic mass is 9.70. The van der Waals surface area contributed by atoms with Crippen molar-refractivity contribution in [3.8, 4) is 0 Å². The van der Waals surface area contributed by atoms with E-state index in [0.29, 0.717) is 39.4 Å². The first-order valence-corrected chi connectivity index (χ1v) is 14.9. The molecule has 0 heterocycles. The van der Waals surface area contributed by atoms with E-state index in [1.54, 1.807) is 0 Å². The van der Waals surface area contributed by atoms with Crippen molar-refractivity contribution in [2.75, 3.05) is 0 Å². The van der Waals surface area contributed by atoms with Gasteiger partial charge in [-0.25, -0.2) is 0 Å². The van der Waals surface area contributed by atoms with E-state index in [9.17, 15) is 9.90 Å². The fourth-order valence-corrected chi connectivity index (χ4v) is 11.7. The Bertz CT molecular complexity index is 487. The largest absolute Gasteiger partial charge is 0.481 e. The molecule has 0 aromatic carbocycles. The van der Waals surface area contributed by atoms with Crippen LogP contribution >= 0.6 is 90.4 Å². The van der Waals surface area contributed by atoms with Gasteiger partial charge in [0.1, 0.15) is 0 Å². The van der Waals surface area contributed by atoms with Gasteiger partial charge in [-0.1, -0.05) is 131 Å². The highest BCUT2D eigenvalue weighted by Gasteiger charge is 2.50. The molecular weight excluding hydrogens is 796 g/mol. The van der Waals surface area contributed by atoms with Crippen molar-refractivity contribution in [1.82, 2.24) is 0 Å². The number of rotatable bonds is 5. The van der Waals surface area contributed by atoms with Crippen LogP contribution in [0.1, 0.15) is 47.5 Å². The van der Waals surface area contributed by atoms with Gasteiger partial charge in [0.2, 0.25) is 0 Å². The highest BCUT2D eigenvalue weighted by Crippen LogP contribution is 2.49. The second kappa shape index (κ2) is 10.8. The zero-order valence-corrected chi connectivity index (χ0v) is 25.2. The standard InChI is InChI=1S/C20H32I4O3/c1-6-12-15(21)10(4)19(11(5)16(12)22)27-20-17(23)8(2)13(7-14(25)26)9(3)18(20)24/h8-13,15-20H,6-7H2,1-5H3,(H,25,26). The maximum Gasteiger partial charge on any atom is 0.303 e. The number of hydrogen-bond donors (Lipinski definition) is 1. The van der Waals surface area contributed by atoms with Crippen molar-refractivity contribution in [3.05, 3.63) is 0 Å². The van der Waals surface area contributed by atoms with Crippen LogP contribution in [-0.2, 0) is 9.53 Å². The Kier molecular flexibility index (Phi) is 10.2. The van der Waals surface area contributed by atoms with Crippen LogP contribution < -0.4 is 0 Å². The van der Waals surface area contributed by atoms with E-state index in [-0.39, 0.29) is 24.5 Å². The van der Waals surface area contributed by atoms with Gasteiger partial charge in [-0.15, -0.1) is 0 Å². The molecule has 8 atom stereocenters. The predicted molar refractivity (Wildman–Crippen MR) is 146 cm³/mol. The molecule has 158 valence electrons. The van der Waals surface area contributed by atoms with Crippen LogP contribution in [0, 0.1) is 35.5 Å². The number of hydrogen-bond acceptors (Lipinski definition) is 2. The van der Waals surface area contributed by atoms with Gasteiger partial charge in [0.25, 0.3) is 0 Å². The molecule has 2 saturated carbocycles. The van der Waals surface area contributed by atoms with E-state index in [2.05, 4.69) is 125 Å². The Hall–Kier alpha value is 2.35. The van der Waals surface area contributed by atoms with Crippen LogP contribution in [0.25, 0.3) is 0 Å². The summed E-state index contributed by atoms with van der Waals surface area (Å²) in [7, 11) is 0. The lowest BCUT2D eigenvalue weighted by molar-refractivity contribution is -0.141. The Morgan fingerprint density at radius 1 is 0.778 bits per heavy atom. The Morgan fingerprint density at radius 2 is 1.22 bits per heavy atom. The monoisotopic (exact) mass is 828 g/mol. The van der Waals surface area contributed by atoms with Crippen molar-refractivity contribution in [3.63, 3.8) is 0 Å². The van der Waals surface area contributed by atoms with Crippen LogP contribution in [0.3, 0.4) is 0 Å². The Balaban J connectivity index is 2.19. The lowest BCUT2D eigenvalue weighted by Gasteiger charge is -2.51. The minimum Gasteiger partial charge on any atom is -0.481 e. The quantitative estimate of drug-likeness (QED) is 0.250. The van der Waals surface area contributed by atoms with Crippen molar-refractivity contribution in [1.29, 1.82) is 0 Å². The van der Waals surface area contributed by atoms with Gasteiger partial charge in [0, 0.05) is 22.1 Å². The number of carboxylic acids is 1. The molecule has 0 bridgehead atoms. The zero-order valence-electron chi connectivity index (χ0n) is 16.6. The van der Waals surface area contributed by atoms with Gasteiger partial charge < -0.3 is 9.84 Å². The van der Waals surface area contributed by atoms with E-state index < -0.39 is 5.97 Å². The van der Waals surface area contributed by atoms with E-state index in [1.165, 1.54) is 6.42 Å². The molecule has 2 fully saturated rings. The first-order valence-electron chi connectivity index (χ1n) is 9.96. The highest BCUT2D eigenvalue weighted by molar-refractivity contribution is 14.1. The fourth-order valence-electron chi connectivity index (χ4n) is 5.12. The molecule has 2 aliphatic carbocycles. The van der Waals surface area contributed by atoms with Crippen molar-refractivity contribution in [2.45, 2.75) is 75.4 Å². The minimum atomic E-state index is -0.675. The molecule has 3 nitrogen and oxygen atoms in total. The van der Waals surface area contributed by atoms with Crippen molar-refractivity contribution >= 4 is 96.3 Å². The number of halogens is 4. The van der Waals surface area contributed by atoms with Crippen molar-refractivity contribution in [2.24, 2.45) is 35.5 Å². The number of ether oxygens (including phenoxy) is 1. The van der Waals surface area contributed by atoms with Gasteiger partial charge in [-0.05, 0) is 35.5 Å². The summed E-state index contributed by atoms with van der Waals surface area (Å²) in [6.07, 6.45) is 1.99. The number of alkyl halides is 4. The third-order valence-electron chi connectivity index (χ3n) is 7.04. The molecule has 0 spiro atoms. The van der Waals surface area contributed by atoms with E-state index >= 15 is 0 Å². The summed E-state index contributed by atoms with van der Waals surface area (Å²) >= 11 is 10.4. The third kappa shape index (κ3) is 5.40. The summed E-state index contributed by atoms with van der Waals surface area (Å²) in [6.45, 7) is 11.5. The summed E-state index contributed by atoms with van der Waals surface area (Å²) in [5.74, 6) is 2.12. The Morgan fingerprint density at radius 3 is 1.59 bits per heavy atom. The van der Waals surface area contributed by atoms with Gasteiger partial charge >= 0.3 is 5.97 Å². The van der Waals surface area contributed by atoms with Crippen LogP contribution in [0.5, 0.6) is 0 Å². The average Bonchev–Trinajstić information content (AvgIpc) is 2.62. The topological polar surface area (TPSA) is 46.5 Å². The molecule has 7 heteroatoms. The fraction of sp³-hybridized carbons (Fsp3) is 0.950. The van der Waals surface area contributed by atoms with Gasteiger partial charge in [0.05, 0.1) is 12.2 Å². The second-order valence-electron chi connectivity index (χ2n) is 8.61. The van der Waals surface area contributed by atoms with Gasteiger partial charge in [-0.2, -0.15) is 0 Å². The number of carboxylic acid groups (broad SMARTS) is 1. The smallest absolute Gasteiger partial charge is 0.303 e. The summed E-state index contributed by atoms with van der Waals surface area (Å²) < 4.78 is 8.94. The van der Waals surface area contributed by atoms with Crippen molar-refractivity contribution < 1.29 is 14.6 Å². The summed E-state index contributed by atoms with van der Waals surface area (Å²) in [5, 5.41) is 9.34. The highest BCUT2D eigenvalue weighted by atomic mass is 127. The summed E-state index contributed by atoms with van der Waals surface area (Å²) in [4.78, 5) is 11.3. The van der Waals surface area contributed by atoms with Crippen LogP contribution in [0.4, 0.5) is 0 Å². The number of carbonyl (C=O) groups is 1. The molecule has 0 aliphatic heterocycles. The van der Waals surface area contributed by atoms with Crippen LogP contribution in [0.2, 0.25) is 0 Å². The molecule has 0 radical (unpaired) electrons. The minimum absolute atomic E-state index is 0.196. The molecule has 0 aromatic heterocycles. The molecule has 1 N–H and O–H groups in total. The molecule has 2 aliphatic rings. The zero-order chi connectivity index (χ0) is 20.6.